The van der Waals surface area contributed by atoms with Crippen molar-refractivity contribution in [2.75, 3.05) is 41.3 Å². The number of aromatic nitrogens is 1. The van der Waals surface area contributed by atoms with Gasteiger partial charge in [-0.1, -0.05) is 36.4 Å². The van der Waals surface area contributed by atoms with Gasteiger partial charge >= 0.3 is 20.5 Å². The molecule has 13 nitrogen and oxygen atoms in total. The van der Waals surface area contributed by atoms with Crippen molar-refractivity contribution in [3.63, 3.8) is 0 Å². The van der Waals surface area contributed by atoms with Crippen LogP contribution >= 0.6 is 7.82 Å². The number of aliphatic hydroxyl groups excluding tert-OH is 1. The minimum Gasteiger partial charge on any atom is -0.497 e. The molecule has 3 aromatic carbocycles. The van der Waals surface area contributed by atoms with Gasteiger partial charge in [-0.15, -0.1) is 0 Å². The number of nitrogens with zero attached hydrogens (tertiary/aromatic N) is 2. The minimum atomic E-state index is -4.47. The van der Waals surface area contributed by atoms with Gasteiger partial charge in [0, 0.05) is 24.2 Å². The van der Waals surface area contributed by atoms with Crippen molar-refractivity contribution >= 4 is 24.9 Å². The van der Waals surface area contributed by atoms with E-state index in [4.69, 9.17) is 37.3 Å². The molecule has 0 spiro atoms. The molecule has 44 heavy (non-hydrogen) atoms. The lowest BCUT2D eigenvalue weighted by Crippen LogP contribution is -2.21. The first-order chi connectivity index (χ1) is 21.2. The molecule has 1 aromatic heterocycles. The van der Waals surface area contributed by atoms with Crippen LogP contribution in [0.25, 0.3) is 10.9 Å². The maximum Gasteiger partial charge on any atom is 0.515 e. The molecule has 4 rings (SSSR count). The summed E-state index contributed by atoms with van der Waals surface area (Å²) in [7, 11) is 1.06. The monoisotopic (exact) mass is 630 g/mol. The lowest BCUT2D eigenvalue weighted by Gasteiger charge is -2.20. The summed E-state index contributed by atoms with van der Waals surface area (Å²) < 4.78 is 57.1. The molecule has 0 fully saturated rings. The number of likely N-dealkylation sites (N-methyl/N-ethyl adjacent to an activating group) is 1. The van der Waals surface area contributed by atoms with Crippen LogP contribution in [0.5, 0.6) is 17.2 Å². The highest BCUT2D eigenvalue weighted by Gasteiger charge is 2.29. The lowest BCUT2D eigenvalue weighted by molar-refractivity contribution is -0.243. The van der Waals surface area contributed by atoms with Crippen LogP contribution in [-0.2, 0) is 40.8 Å². The fraction of sp³-hybridized carbons (Fsp3) is 0.300. The number of hydrogen-bond acceptors (Lipinski definition) is 12. The Morgan fingerprint density at radius 2 is 1.59 bits per heavy atom. The van der Waals surface area contributed by atoms with Gasteiger partial charge in [0.1, 0.15) is 24.0 Å². The molecule has 0 saturated carbocycles. The van der Waals surface area contributed by atoms with E-state index >= 15 is 0 Å². The van der Waals surface area contributed by atoms with Crippen LogP contribution < -0.4 is 14.2 Å². The molecular formula is C30H35N2O11P. The molecule has 0 aliphatic heterocycles. The zero-order valence-corrected chi connectivity index (χ0v) is 25.5. The second-order valence-electron chi connectivity index (χ2n) is 9.47. The van der Waals surface area contributed by atoms with E-state index in [-0.39, 0.29) is 12.5 Å². The second-order valence-corrected chi connectivity index (χ2v) is 11.1. The van der Waals surface area contributed by atoms with Crippen molar-refractivity contribution in [2.45, 2.75) is 19.6 Å². The number of hydrogen-bond donors (Lipinski definition) is 1. The zero-order chi connectivity index (χ0) is 31.4. The molecule has 0 radical (unpaired) electrons. The molecule has 2 atom stereocenters. The Morgan fingerprint density at radius 3 is 2.27 bits per heavy atom. The fourth-order valence-corrected chi connectivity index (χ4v) is 4.79. The molecule has 1 heterocycles. The number of ether oxygens (including phenoxy) is 5. The highest BCUT2D eigenvalue weighted by molar-refractivity contribution is 7.48. The summed E-state index contributed by atoms with van der Waals surface area (Å²) in [5.74, 6) is 1.20. The third-order valence-electron chi connectivity index (χ3n) is 6.09. The molecule has 0 amide bonds. The second kappa shape index (κ2) is 16.2. The molecule has 4 aromatic rings. The van der Waals surface area contributed by atoms with E-state index in [1.807, 2.05) is 38.5 Å². The zero-order valence-electron chi connectivity index (χ0n) is 24.6. The highest BCUT2D eigenvalue weighted by atomic mass is 31.2. The van der Waals surface area contributed by atoms with Crippen LogP contribution in [0.15, 0.2) is 85.1 Å². The van der Waals surface area contributed by atoms with Gasteiger partial charge in [-0.2, -0.15) is 0 Å². The molecular weight excluding hydrogens is 595 g/mol. The van der Waals surface area contributed by atoms with Crippen molar-refractivity contribution in [1.82, 2.24) is 9.47 Å². The first-order valence-electron chi connectivity index (χ1n) is 13.5. The maximum absolute atomic E-state index is 13.6. The average Bonchev–Trinajstić information content (AvgIpc) is 3.36. The predicted molar refractivity (Wildman–Crippen MR) is 159 cm³/mol. The number of methoxy groups -OCH3 is 1. The largest absolute Gasteiger partial charge is 0.515 e. The van der Waals surface area contributed by atoms with Crippen LogP contribution in [0.3, 0.4) is 0 Å². The van der Waals surface area contributed by atoms with E-state index in [1.165, 1.54) is 0 Å². The SMILES string of the molecule is COc1ccc2c(CCN(C)C)cn(COP(=O)(OCOC(=O)Oc3ccccc3)OCOC(O)Oc3ccccc3)c2c1. The molecule has 236 valence electrons. The molecule has 0 aliphatic carbocycles. The molecule has 14 heteroatoms. The van der Waals surface area contributed by atoms with Crippen molar-refractivity contribution in [3.05, 3.63) is 90.6 Å². The Labute approximate surface area is 254 Å². The van der Waals surface area contributed by atoms with Gasteiger partial charge in [0.25, 0.3) is 0 Å². The van der Waals surface area contributed by atoms with Gasteiger partial charge in [0.15, 0.2) is 6.79 Å². The smallest absolute Gasteiger partial charge is 0.497 e. The first-order valence-corrected chi connectivity index (χ1v) is 15.0. The van der Waals surface area contributed by atoms with Crippen molar-refractivity contribution in [1.29, 1.82) is 0 Å². The van der Waals surface area contributed by atoms with E-state index < -0.39 is 34.0 Å². The standard InChI is InChI=1S/C30H35N2O11P/c1-31(2)17-16-23-19-32(28-18-26(36-3)14-15-27(23)28)20-39-44(35,40-21-37-29(33)42-24-10-6-4-7-11-24)41-22-38-30(34)43-25-12-8-5-9-13-25/h4-15,18-19,29,33H,16-17,20-22H2,1-3H3. The first kappa shape index (κ1) is 33.0. The summed E-state index contributed by atoms with van der Waals surface area (Å²) in [5, 5.41) is 11.0. The number of phosphoric ester groups is 1. The van der Waals surface area contributed by atoms with E-state index in [1.54, 1.807) is 72.3 Å². The Bertz CT molecular complexity index is 1520. The summed E-state index contributed by atoms with van der Waals surface area (Å²) >= 11 is 0. The van der Waals surface area contributed by atoms with Crippen LogP contribution in [0.4, 0.5) is 4.79 Å². The van der Waals surface area contributed by atoms with Crippen LogP contribution in [0.1, 0.15) is 5.56 Å². The minimum absolute atomic E-state index is 0.244. The lowest BCUT2D eigenvalue weighted by atomic mass is 10.1. The van der Waals surface area contributed by atoms with Crippen molar-refractivity contribution < 1.29 is 51.7 Å². The summed E-state index contributed by atoms with van der Waals surface area (Å²) in [6.07, 6.45) is 1.53. The number of rotatable bonds is 17. The Hall–Kier alpha value is -3.94. The topological polar surface area (TPSA) is 136 Å². The van der Waals surface area contributed by atoms with E-state index in [2.05, 4.69) is 4.90 Å². The normalized spacial score (nSPS) is 13.4. The van der Waals surface area contributed by atoms with Crippen LogP contribution in [-0.4, -0.2) is 68.5 Å². The quantitative estimate of drug-likeness (QED) is 0.0695. The van der Waals surface area contributed by atoms with Gasteiger partial charge in [-0.3, -0.25) is 13.8 Å². The van der Waals surface area contributed by atoms with Gasteiger partial charge in [-0.25, -0.2) is 13.9 Å². The number of benzene rings is 3. The average molecular weight is 631 g/mol. The summed E-state index contributed by atoms with van der Waals surface area (Å²) in [6, 6.07) is 22.3. The number of fused-ring (bicyclic) bond motifs is 1. The van der Waals surface area contributed by atoms with Gasteiger partial charge in [0.2, 0.25) is 6.79 Å². The van der Waals surface area contributed by atoms with Gasteiger partial charge in [-0.05, 0) is 62.5 Å². The number of phosphoric acid groups is 1. The Kier molecular flexibility index (Phi) is 12.2. The van der Waals surface area contributed by atoms with Gasteiger partial charge in [0.05, 0.1) is 12.6 Å². The third kappa shape index (κ3) is 10.1. The summed E-state index contributed by atoms with van der Waals surface area (Å²) in [4.78, 5) is 14.2. The molecule has 0 aliphatic rings. The van der Waals surface area contributed by atoms with Crippen molar-refractivity contribution in [2.24, 2.45) is 0 Å². The summed E-state index contributed by atoms with van der Waals surface area (Å²) in [6.45, 7) is -2.81. The van der Waals surface area contributed by atoms with Crippen LogP contribution in [0.2, 0.25) is 0 Å². The predicted octanol–water partition coefficient (Wildman–Crippen LogP) is 5.37. The molecule has 2 unspecified atom stereocenters. The maximum atomic E-state index is 13.6. The van der Waals surface area contributed by atoms with E-state index in [0.29, 0.717) is 11.5 Å². The fourth-order valence-electron chi connectivity index (χ4n) is 3.93. The highest BCUT2D eigenvalue weighted by Crippen LogP contribution is 2.50. The Balaban J connectivity index is 1.43. The van der Waals surface area contributed by atoms with Gasteiger partial charge < -0.3 is 33.5 Å². The Morgan fingerprint density at radius 1 is 0.909 bits per heavy atom. The van der Waals surface area contributed by atoms with E-state index in [0.717, 1.165) is 29.4 Å². The number of para-hydroxylation sites is 2. The molecule has 0 bridgehead atoms. The number of aliphatic hydroxyl groups is 1. The van der Waals surface area contributed by atoms with E-state index in [9.17, 15) is 14.5 Å². The molecule has 1 N–H and O–H groups in total. The van der Waals surface area contributed by atoms with Crippen molar-refractivity contribution in [3.8, 4) is 17.2 Å². The summed E-state index contributed by atoms with van der Waals surface area (Å²) in [5.41, 5.74) is 1.79. The number of carbonyl (C=O) groups excluding carboxylic acids is 1. The number of carbonyl (C=O) groups is 1. The molecule has 0 saturated heterocycles. The van der Waals surface area contributed by atoms with Crippen LogP contribution in [0, 0.1) is 0 Å². The third-order valence-corrected chi connectivity index (χ3v) is 7.36.